The van der Waals surface area contributed by atoms with Gasteiger partial charge in [0.05, 0.1) is 4.88 Å². The topological polar surface area (TPSA) is 72.2 Å². The summed E-state index contributed by atoms with van der Waals surface area (Å²) in [5, 5.41) is 4.71. The first kappa shape index (κ1) is 15.0. The van der Waals surface area contributed by atoms with Gasteiger partial charge in [-0.3, -0.25) is 9.59 Å². The fourth-order valence-electron chi connectivity index (χ4n) is 2.37. The monoisotopic (exact) mass is 322 g/mol. The number of amides is 2. The molecule has 0 saturated heterocycles. The standard InChI is InChI=1S/C18H14N2O2S/c19-17(21)13-8-4-9-14(16(13)12-6-2-1-3-7-12)20-18(22)15-10-5-11-23-15/h1-11H,(H2,19,21)(H,20,22). The van der Waals surface area contributed by atoms with E-state index in [1.54, 1.807) is 24.3 Å². The van der Waals surface area contributed by atoms with E-state index in [1.807, 2.05) is 41.8 Å². The van der Waals surface area contributed by atoms with E-state index in [4.69, 9.17) is 5.73 Å². The number of benzene rings is 2. The second kappa shape index (κ2) is 6.46. The van der Waals surface area contributed by atoms with E-state index in [0.717, 1.165) is 5.56 Å². The Hall–Kier alpha value is -2.92. The van der Waals surface area contributed by atoms with Crippen LogP contribution in [0.1, 0.15) is 20.0 Å². The molecule has 114 valence electrons. The molecule has 3 N–H and O–H groups in total. The van der Waals surface area contributed by atoms with Gasteiger partial charge in [-0.2, -0.15) is 0 Å². The first-order valence-electron chi connectivity index (χ1n) is 7.00. The van der Waals surface area contributed by atoms with Crippen molar-refractivity contribution in [2.24, 2.45) is 5.73 Å². The highest BCUT2D eigenvalue weighted by atomic mass is 32.1. The van der Waals surface area contributed by atoms with Crippen LogP contribution in [0.25, 0.3) is 11.1 Å². The molecule has 0 atom stereocenters. The molecule has 2 aromatic carbocycles. The molecule has 0 fully saturated rings. The second-order valence-corrected chi connectivity index (χ2v) is 5.84. The predicted octanol–water partition coefficient (Wildman–Crippen LogP) is 3.77. The molecular weight excluding hydrogens is 308 g/mol. The minimum Gasteiger partial charge on any atom is -0.366 e. The predicted molar refractivity (Wildman–Crippen MR) is 92.7 cm³/mol. The van der Waals surface area contributed by atoms with Crippen LogP contribution in [0.15, 0.2) is 66.0 Å². The summed E-state index contributed by atoms with van der Waals surface area (Å²) < 4.78 is 0. The molecule has 0 radical (unpaired) electrons. The van der Waals surface area contributed by atoms with Gasteiger partial charge >= 0.3 is 0 Å². The maximum atomic E-state index is 12.3. The summed E-state index contributed by atoms with van der Waals surface area (Å²) in [5.41, 5.74) is 7.89. The molecule has 0 unspecified atom stereocenters. The van der Waals surface area contributed by atoms with Gasteiger partial charge in [0.15, 0.2) is 0 Å². The first-order chi connectivity index (χ1) is 11.2. The molecule has 3 rings (SSSR count). The van der Waals surface area contributed by atoms with Crippen molar-refractivity contribution >= 4 is 28.8 Å². The van der Waals surface area contributed by atoms with Crippen molar-refractivity contribution in [3.05, 3.63) is 76.5 Å². The summed E-state index contributed by atoms with van der Waals surface area (Å²) in [7, 11) is 0. The quantitative estimate of drug-likeness (QED) is 0.767. The summed E-state index contributed by atoms with van der Waals surface area (Å²) in [6.07, 6.45) is 0. The van der Waals surface area contributed by atoms with Crippen molar-refractivity contribution in [1.82, 2.24) is 0 Å². The molecule has 1 aromatic heterocycles. The highest BCUT2D eigenvalue weighted by Gasteiger charge is 2.16. The minimum absolute atomic E-state index is 0.209. The van der Waals surface area contributed by atoms with E-state index in [-0.39, 0.29) is 5.91 Å². The number of carbonyl (C=O) groups excluding carboxylic acids is 2. The van der Waals surface area contributed by atoms with Crippen LogP contribution in [0, 0.1) is 0 Å². The summed E-state index contributed by atoms with van der Waals surface area (Å²) in [5.74, 6) is -0.741. The van der Waals surface area contributed by atoms with Crippen molar-refractivity contribution in [2.75, 3.05) is 5.32 Å². The molecule has 4 nitrogen and oxygen atoms in total. The van der Waals surface area contributed by atoms with Gasteiger partial charge in [-0.05, 0) is 29.1 Å². The lowest BCUT2D eigenvalue weighted by molar-refractivity contribution is 0.0997. The summed E-state index contributed by atoms with van der Waals surface area (Å²) in [6.45, 7) is 0. The number of anilines is 1. The molecule has 2 amide bonds. The van der Waals surface area contributed by atoms with Crippen molar-refractivity contribution in [3.8, 4) is 11.1 Å². The van der Waals surface area contributed by atoms with Gasteiger partial charge < -0.3 is 11.1 Å². The van der Waals surface area contributed by atoms with E-state index >= 15 is 0 Å². The van der Waals surface area contributed by atoms with Gasteiger partial charge in [0.1, 0.15) is 0 Å². The molecular formula is C18H14N2O2S. The fourth-order valence-corrected chi connectivity index (χ4v) is 2.99. The van der Waals surface area contributed by atoms with Crippen LogP contribution in [-0.2, 0) is 0 Å². The van der Waals surface area contributed by atoms with Gasteiger partial charge in [-0.25, -0.2) is 0 Å². The van der Waals surface area contributed by atoms with E-state index in [0.29, 0.717) is 21.7 Å². The fraction of sp³-hybridized carbons (Fsp3) is 0. The van der Waals surface area contributed by atoms with Gasteiger partial charge in [-0.15, -0.1) is 11.3 Å². The van der Waals surface area contributed by atoms with E-state index in [9.17, 15) is 9.59 Å². The van der Waals surface area contributed by atoms with Crippen molar-refractivity contribution in [3.63, 3.8) is 0 Å². The Morgan fingerprint density at radius 3 is 2.35 bits per heavy atom. The highest BCUT2D eigenvalue weighted by molar-refractivity contribution is 7.12. The number of thiophene rings is 1. The van der Waals surface area contributed by atoms with Crippen molar-refractivity contribution < 1.29 is 9.59 Å². The molecule has 23 heavy (non-hydrogen) atoms. The lowest BCUT2D eigenvalue weighted by Gasteiger charge is -2.14. The lowest BCUT2D eigenvalue weighted by atomic mass is 9.97. The van der Waals surface area contributed by atoms with Crippen LogP contribution < -0.4 is 11.1 Å². The Labute approximate surface area is 137 Å². The Kier molecular flexibility index (Phi) is 4.21. The number of rotatable bonds is 4. The zero-order valence-electron chi connectivity index (χ0n) is 12.2. The van der Waals surface area contributed by atoms with E-state index < -0.39 is 5.91 Å². The number of hydrogen-bond donors (Lipinski definition) is 2. The zero-order chi connectivity index (χ0) is 16.2. The summed E-state index contributed by atoms with van der Waals surface area (Å²) >= 11 is 1.36. The van der Waals surface area contributed by atoms with Gasteiger partial charge in [0.2, 0.25) is 5.91 Å². The SMILES string of the molecule is NC(=O)c1cccc(NC(=O)c2cccs2)c1-c1ccccc1. The molecule has 0 bridgehead atoms. The summed E-state index contributed by atoms with van der Waals surface area (Å²) in [4.78, 5) is 24.7. The Bertz CT molecular complexity index is 843. The maximum Gasteiger partial charge on any atom is 0.265 e. The van der Waals surface area contributed by atoms with Crippen LogP contribution in [0.2, 0.25) is 0 Å². The third-order valence-electron chi connectivity index (χ3n) is 3.39. The Morgan fingerprint density at radius 1 is 0.913 bits per heavy atom. The third kappa shape index (κ3) is 3.14. The van der Waals surface area contributed by atoms with Crippen LogP contribution in [0.3, 0.4) is 0 Å². The Balaban J connectivity index is 2.08. The number of nitrogens with one attached hydrogen (secondary N) is 1. The second-order valence-electron chi connectivity index (χ2n) is 4.89. The minimum atomic E-state index is -0.531. The zero-order valence-corrected chi connectivity index (χ0v) is 13.0. The van der Waals surface area contributed by atoms with E-state index in [1.165, 1.54) is 11.3 Å². The average molecular weight is 322 g/mol. The van der Waals surface area contributed by atoms with Crippen LogP contribution >= 0.6 is 11.3 Å². The van der Waals surface area contributed by atoms with Crippen LogP contribution in [0.5, 0.6) is 0 Å². The maximum absolute atomic E-state index is 12.3. The first-order valence-corrected chi connectivity index (χ1v) is 7.88. The molecule has 0 aliphatic carbocycles. The molecule has 0 aliphatic heterocycles. The Morgan fingerprint density at radius 2 is 1.70 bits per heavy atom. The number of primary amides is 1. The largest absolute Gasteiger partial charge is 0.366 e. The number of nitrogens with two attached hydrogens (primary N) is 1. The molecule has 3 aromatic rings. The van der Waals surface area contributed by atoms with Crippen molar-refractivity contribution in [2.45, 2.75) is 0 Å². The molecule has 1 heterocycles. The van der Waals surface area contributed by atoms with Gasteiger partial charge in [-0.1, -0.05) is 42.5 Å². The van der Waals surface area contributed by atoms with E-state index in [2.05, 4.69) is 5.32 Å². The van der Waals surface area contributed by atoms with Crippen LogP contribution in [-0.4, -0.2) is 11.8 Å². The molecule has 0 aliphatic rings. The third-order valence-corrected chi connectivity index (χ3v) is 4.25. The molecule has 5 heteroatoms. The van der Waals surface area contributed by atoms with Gasteiger partial charge in [0, 0.05) is 16.8 Å². The molecule has 0 spiro atoms. The van der Waals surface area contributed by atoms with Gasteiger partial charge in [0.25, 0.3) is 5.91 Å². The molecule has 0 saturated carbocycles. The highest BCUT2D eigenvalue weighted by Crippen LogP contribution is 2.32. The van der Waals surface area contributed by atoms with Crippen LogP contribution in [0.4, 0.5) is 5.69 Å². The van der Waals surface area contributed by atoms with Crippen molar-refractivity contribution in [1.29, 1.82) is 0 Å². The summed E-state index contributed by atoms with van der Waals surface area (Å²) in [6, 6.07) is 18.1. The lowest BCUT2D eigenvalue weighted by Crippen LogP contribution is -2.16. The normalized spacial score (nSPS) is 10.3. The number of hydrogen-bond acceptors (Lipinski definition) is 3. The number of carbonyl (C=O) groups is 2. The smallest absolute Gasteiger partial charge is 0.265 e. The average Bonchev–Trinajstić information content (AvgIpc) is 3.10.